The summed E-state index contributed by atoms with van der Waals surface area (Å²) in [6, 6.07) is 4.05. The maximum Gasteiger partial charge on any atom is 0.180 e. The molecule has 1 aromatic rings. The molecular formula is C13H18N2O2S. The number of anilines is 1. The van der Waals surface area contributed by atoms with Crippen LogP contribution in [0.2, 0.25) is 0 Å². The summed E-state index contributed by atoms with van der Waals surface area (Å²) in [5, 5.41) is 20.3. The van der Waals surface area contributed by atoms with Crippen molar-refractivity contribution in [3.05, 3.63) is 28.8 Å². The minimum atomic E-state index is -1.02. The van der Waals surface area contributed by atoms with E-state index in [1.165, 1.54) is 10.5 Å². The Bertz CT molecular complexity index is 504. The highest BCUT2D eigenvalue weighted by Crippen LogP contribution is 2.31. The molecular weight excluding hydrogens is 248 g/mol. The zero-order chi connectivity index (χ0) is 13.6. The van der Waals surface area contributed by atoms with E-state index in [0.717, 1.165) is 16.8 Å². The van der Waals surface area contributed by atoms with Gasteiger partial charge in [0.05, 0.1) is 0 Å². The molecule has 1 aromatic carbocycles. The normalized spacial score (nSPS) is 24.0. The average molecular weight is 266 g/mol. The molecule has 0 aromatic heterocycles. The van der Waals surface area contributed by atoms with Gasteiger partial charge in [-0.15, -0.1) is 0 Å². The molecule has 0 saturated carbocycles. The molecule has 1 heterocycles. The summed E-state index contributed by atoms with van der Waals surface area (Å²) in [5.41, 5.74) is 4.21. The summed E-state index contributed by atoms with van der Waals surface area (Å²) in [6.07, 6.45) is -2.01. The first-order valence-electron chi connectivity index (χ1n) is 5.84. The third-order valence-corrected chi connectivity index (χ3v) is 3.99. The summed E-state index contributed by atoms with van der Waals surface area (Å²) in [6.45, 7) is 6.04. The maximum absolute atomic E-state index is 10.1. The number of aliphatic hydroxyl groups is 2. The monoisotopic (exact) mass is 266 g/mol. The predicted molar refractivity (Wildman–Crippen MR) is 75.5 cm³/mol. The van der Waals surface area contributed by atoms with E-state index >= 15 is 0 Å². The van der Waals surface area contributed by atoms with Gasteiger partial charge in [-0.05, 0) is 55.7 Å². The Morgan fingerprint density at radius 3 is 2.06 bits per heavy atom. The first-order chi connectivity index (χ1) is 8.34. The maximum atomic E-state index is 10.1. The van der Waals surface area contributed by atoms with Crippen molar-refractivity contribution in [1.82, 2.24) is 4.90 Å². The molecule has 0 radical (unpaired) electrons. The van der Waals surface area contributed by atoms with Crippen molar-refractivity contribution in [3.63, 3.8) is 0 Å². The largest absolute Gasteiger partial charge is 0.369 e. The zero-order valence-corrected chi connectivity index (χ0v) is 11.8. The number of aryl methyl sites for hydroxylation is 3. The van der Waals surface area contributed by atoms with Crippen LogP contribution < -0.4 is 4.90 Å². The van der Waals surface area contributed by atoms with E-state index in [4.69, 9.17) is 12.2 Å². The van der Waals surface area contributed by atoms with Gasteiger partial charge in [-0.3, -0.25) is 4.90 Å². The number of thiocarbonyl (C=S) groups is 1. The standard InChI is InChI=1S/C13H18N2O2S/c1-7-5-9(3)10(6-8(7)2)15-12(17)11(16)14(4)13(15)18/h5-6,11-12,16-17H,1-4H3. The van der Waals surface area contributed by atoms with Crippen molar-refractivity contribution < 1.29 is 10.2 Å². The van der Waals surface area contributed by atoms with Gasteiger partial charge in [0.1, 0.15) is 0 Å². The number of rotatable bonds is 1. The molecule has 1 fully saturated rings. The topological polar surface area (TPSA) is 46.9 Å². The second kappa shape index (κ2) is 4.50. The molecule has 0 bridgehead atoms. The van der Waals surface area contributed by atoms with Crippen LogP contribution in [-0.2, 0) is 0 Å². The van der Waals surface area contributed by atoms with Crippen LogP contribution in [-0.4, -0.2) is 39.7 Å². The Balaban J connectivity index is 2.49. The molecule has 0 aliphatic carbocycles. The van der Waals surface area contributed by atoms with Crippen LogP contribution in [0.5, 0.6) is 0 Å². The molecule has 1 aliphatic heterocycles. The molecule has 2 N–H and O–H groups in total. The van der Waals surface area contributed by atoms with E-state index in [-0.39, 0.29) is 0 Å². The van der Waals surface area contributed by atoms with Gasteiger partial charge in [0, 0.05) is 12.7 Å². The molecule has 2 atom stereocenters. The Hall–Kier alpha value is -1.17. The Kier molecular flexibility index (Phi) is 3.31. The number of nitrogens with zero attached hydrogens (tertiary/aromatic N) is 2. The number of hydrogen-bond donors (Lipinski definition) is 2. The average Bonchev–Trinajstić information content (AvgIpc) is 2.50. The van der Waals surface area contributed by atoms with Gasteiger partial charge in [-0.2, -0.15) is 0 Å². The molecule has 0 spiro atoms. The van der Waals surface area contributed by atoms with Gasteiger partial charge in [0.2, 0.25) is 0 Å². The van der Waals surface area contributed by atoms with E-state index < -0.39 is 12.5 Å². The van der Waals surface area contributed by atoms with Crippen LogP contribution in [0.1, 0.15) is 16.7 Å². The van der Waals surface area contributed by atoms with E-state index in [0.29, 0.717) is 5.11 Å². The molecule has 4 nitrogen and oxygen atoms in total. The molecule has 5 heteroatoms. The van der Waals surface area contributed by atoms with E-state index in [1.54, 1.807) is 11.9 Å². The minimum Gasteiger partial charge on any atom is -0.369 e. The zero-order valence-electron chi connectivity index (χ0n) is 11.0. The van der Waals surface area contributed by atoms with Crippen LogP contribution in [0.15, 0.2) is 12.1 Å². The second-order valence-electron chi connectivity index (χ2n) is 4.81. The molecule has 0 amide bonds. The third-order valence-electron chi connectivity index (χ3n) is 3.51. The van der Waals surface area contributed by atoms with Gasteiger partial charge in [-0.1, -0.05) is 6.07 Å². The molecule has 98 valence electrons. The van der Waals surface area contributed by atoms with Crippen molar-refractivity contribution in [3.8, 4) is 0 Å². The highest BCUT2D eigenvalue weighted by molar-refractivity contribution is 7.80. The second-order valence-corrected chi connectivity index (χ2v) is 5.18. The number of aliphatic hydroxyl groups excluding tert-OH is 2. The summed E-state index contributed by atoms with van der Waals surface area (Å²) in [5.74, 6) is 0. The minimum absolute atomic E-state index is 0.432. The lowest BCUT2D eigenvalue weighted by Gasteiger charge is -2.24. The Labute approximate surface area is 112 Å². The fourth-order valence-corrected chi connectivity index (χ4v) is 2.49. The fourth-order valence-electron chi connectivity index (χ4n) is 2.18. The van der Waals surface area contributed by atoms with Gasteiger partial charge >= 0.3 is 0 Å². The van der Waals surface area contributed by atoms with Gasteiger partial charge in [-0.25, -0.2) is 0 Å². The summed E-state index contributed by atoms with van der Waals surface area (Å²) >= 11 is 5.27. The fraction of sp³-hybridized carbons (Fsp3) is 0.462. The lowest BCUT2D eigenvalue weighted by molar-refractivity contribution is -0.0154. The van der Waals surface area contributed by atoms with Crippen LogP contribution >= 0.6 is 12.2 Å². The SMILES string of the molecule is Cc1cc(C)c(N2C(=S)N(C)C(O)C2O)cc1C. The quantitative estimate of drug-likeness (QED) is 0.750. The summed E-state index contributed by atoms with van der Waals surface area (Å²) < 4.78 is 0. The van der Waals surface area contributed by atoms with Crippen LogP contribution in [0.25, 0.3) is 0 Å². The lowest BCUT2D eigenvalue weighted by atomic mass is 10.0. The van der Waals surface area contributed by atoms with Crippen LogP contribution in [0.4, 0.5) is 5.69 Å². The molecule has 1 aliphatic rings. The first kappa shape index (κ1) is 13.3. The smallest absolute Gasteiger partial charge is 0.180 e. The van der Waals surface area contributed by atoms with Gasteiger partial charge < -0.3 is 15.1 Å². The van der Waals surface area contributed by atoms with Crippen molar-refractivity contribution in [1.29, 1.82) is 0 Å². The Morgan fingerprint density at radius 1 is 1.00 bits per heavy atom. The van der Waals surface area contributed by atoms with Crippen molar-refractivity contribution in [2.45, 2.75) is 33.2 Å². The molecule has 2 unspecified atom stereocenters. The predicted octanol–water partition coefficient (Wildman–Crippen LogP) is 1.29. The van der Waals surface area contributed by atoms with E-state index in [1.807, 2.05) is 26.8 Å². The lowest BCUT2D eigenvalue weighted by Crippen LogP contribution is -2.36. The summed E-state index contributed by atoms with van der Waals surface area (Å²) in [7, 11) is 1.67. The van der Waals surface area contributed by atoms with Crippen molar-refractivity contribution in [2.75, 3.05) is 11.9 Å². The number of benzene rings is 1. The third kappa shape index (κ3) is 1.88. The number of hydrogen-bond acceptors (Lipinski definition) is 3. The highest BCUT2D eigenvalue weighted by Gasteiger charge is 2.40. The highest BCUT2D eigenvalue weighted by atomic mass is 32.1. The molecule has 18 heavy (non-hydrogen) atoms. The summed E-state index contributed by atoms with van der Waals surface area (Å²) in [4.78, 5) is 3.09. The van der Waals surface area contributed by atoms with Crippen molar-refractivity contribution in [2.24, 2.45) is 0 Å². The Morgan fingerprint density at radius 2 is 1.56 bits per heavy atom. The molecule has 2 rings (SSSR count). The number of likely N-dealkylation sites (N-methyl/N-ethyl adjacent to an activating group) is 1. The van der Waals surface area contributed by atoms with Gasteiger partial charge in [0.15, 0.2) is 17.6 Å². The van der Waals surface area contributed by atoms with Crippen LogP contribution in [0, 0.1) is 20.8 Å². The van der Waals surface area contributed by atoms with Crippen LogP contribution in [0.3, 0.4) is 0 Å². The first-order valence-corrected chi connectivity index (χ1v) is 6.25. The molecule has 1 saturated heterocycles. The van der Waals surface area contributed by atoms with Crippen molar-refractivity contribution >= 4 is 23.0 Å². The van der Waals surface area contributed by atoms with E-state index in [2.05, 4.69) is 6.07 Å². The van der Waals surface area contributed by atoms with Gasteiger partial charge in [0.25, 0.3) is 0 Å². The van der Waals surface area contributed by atoms with E-state index in [9.17, 15) is 10.2 Å².